The van der Waals surface area contributed by atoms with Crippen LogP contribution in [0.1, 0.15) is 30.6 Å². The highest BCUT2D eigenvalue weighted by atomic mass is 32.2. The van der Waals surface area contributed by atoms with Crippen molar-refractivity contribution in [3.63, 3.8) is 0 Å². The molecule has 5 nitrogen and oxygen atoms in total. The minimum Gasteiger partial charge on any atom is -0.338 e. The lowest BCUT2D eigenvalue weighted by molar-refractivity contribution is 0.0623. The van der Waals surface area contributed by atoms with Crippen LogP contribution in [-0.2, 0) is 10.0 Å². The van der Waals surface area contributed by atoms with Crippen LogP contribution in [0.4, 0.5) is 0 Å². The average Bonchev–Trinajstić information content (AvgIpc) is 2.51. The van der Waals surface area contributed by atoms with Crippen molar-refractivity contribution in [1.29, 1.82) is 0 Å². The third kappa shape index (κ3) is 4.42. The van der Waals surface area contributed by atoms with Crippen LogP contribution in [0.25, 0.3) is 0 Å². The number of nitrogens with one attached hydrogen (secondary N) is 1. The molecule has 1 fully saturated rings. The molecule has 2 unspecified atom stereocenters. The lowest BCUT2D eigenvalue weighted by Gasteiger charge is -2.35. The molecule has 0 aromatic heterocycles. The van der Waals surface area contributed by atoms with Crippen molar-refractivity contribution >= 4 is 15.9 Å². The summed E-state index contributed by atoms with van der Waals surface area (Å²) in [6.07, 6.45) is 2.62. The van der Waals surface area contributed by atoms with Gasteiger partial charge in [-0.05, 0) is 42.5 Å². The van der Waals surface area contributed by atoms with Crippen LogP contribution in [0.15, 0.2) is 41.8 Å². The topological polar surface area (TPSA) is 66.5 Å². The number of rotatable bonds is 5. The summed E-state index contributed by atoms with van der Waals surface area (Å²) in [5.41, 5.74) is 0.522. The first-order chi connectivity index (χ1) is 10.8. The molecule has 0 spiro atoms. The number of nitrogens with zero attached hydrogens (tertiary/aromatic N) is 1. The van der Waals surface area contributed by atoms with Crippen molar-refractivity contribution in [1.82, 2.24) is 9.62 Å². The fourth-order valence-corrected chi connectivity index (χ4v) is 4.04. The van der Waals surface area contributed by atoms with E-state index < -0.39 is 10.0 Å². The summed E-state index contributed by atoms with van der Waals surface area (Å²) in [6.45, 7) is 9.46. The highest BCUT2D eigenvalue weighted by molar-refractivity contribution is 7.89. The van der Waals surface area contributed by atoms with E-state index in [4.69, 9.17) is 0 Å². The fraction of sp³-hybridized carbons (Fsp3) is 0.471. The van der Waals surface area contributed by atoms with Crippen LogP contribution >= 0.6 is 0 Å². The van der Waals surface area contributed by atoms with E-state index in [0.717, 1.165) is 19.5 Å². The van der Waals surface area contributed by atoms with Crippen LogP contribution in [0, 0.1) is 11.8 Å². The molecule has 2 atom stereocenters. The Labute approximate surface area is 138 Å². The van der Waals surface area contributed by atoms with E-state index in [-0.39, 0.29) is 17.3 Å². The van der Waals surface area contributed by atoms with Crippen molar-refractivity contribution in [2.45, 2.75) is 25.2 Å². The Morgan fingerprint density at radius 2 is 1.83 bits per heavy atom. The van der Waals surface area contributed by atoms with Crippen LogP contribution < -0.4 is 4.72 Å². The maximum atomic E-state index is 12.6. The second-order valence-electron chi connectivity index (χ2n) is 6.32. The molecule has 1 aliphatic heterocycles. The SMILES string of the molecule is C=CCNS(=O)(=O)c1ccc(C(=O)N2CC(C)CC(C)C2)cc1. The molecule has 2 rings (SSSR count). The van der Waals surface area contributed by atoms with E-state index in [9.17, 15) is 13.2 Å². The smallest absolute Gasteiger partial charge is 0.253 e. The molecule has 0 bridgehead atoms. The van der Waals surface area contributed by atoms with E-state index in [1.165, 1.54) is 18.2 Å². The summed E-state index contributed by atoms with van der Waals surface area (Å²) in [7, 11) is -3.55. The van der Waals surface area contributed by atoms with E-state index >= 15 is 0 Å². The molecule has 1 saturated heterocycles. The third-order valence-corrected chi connectivity index (χ3v) is 5.42. The number of hydrogen-bond donors (Lipinski definition) is 1. The molecular weight excluding hydrogens is 312 g/mol. The Balaban J connectivity index is 2.13. The quantitative estimate of drug-likeness (QED) is 0.839. The number of likely N-dealkylation sites (tertiary alicyclic amines) is 1. The molecule has 1 aliphatic rings. The van der Waals surface area contributed by atoms with Crippen molar-refractivity contribution in [3.05, 3.63) is 42.5 Å². The average molecular weight is 336 g/mol. The molecule has 1 heterocycles. The molecule has 0 saturated carbocycles. The van der Waals surface area contributed by atoms with Gasteiger partial charge in [0.25, 0.3) is 5.91 Å². The van der Waals surface area contributed by atoms with E-state index in [2.05, 4.69) is 25.1 Å². The molecule has 23 heavy (non-hydrogen) atoms. The largest absolute Gasteiger partial charge is 0.338 e. The molecule has 1 aromatic carbocycles. The summed E-state index contributed by atoms with van der Waals surface area (Å²) >= 11 is 0. The summed E-state index contributed by atoms with van der Waals surface area (Å²) in [4.78, 5) is 14.6. The van der Waals surface area contributed by atoms with E-state index in [0.29, 0.717) is 17.4 Å². The molecule has 6 heteroatoms. The van der Waals surface area contributed by atoms with Gasteiger partial charge in [-0.1, -0.05) is 19.9 Å². The zero-order chi connectivity index (χ0) is 17.0. The highest BCUT2D eigenvalue weighted by Gasteiger charge is 2.26. The maximum Gasteiger partial charge on any atom is 0.253 e. The second-order valence-corrected chi connectivity index (χ2v) is 8.09. The van der Waals surface area contributed by atoms with E-state index in [1.54, 1.807) is 12.1 Å². The molecular formula is C17H24N2O3S. The van der Waals surface area contributed by atoms with Crippen LogP contribution in [0.2, 0.25) is 0 Å². The van der Waals surface area contributed by atoms with Gasteiger partial charge in [0.05, 0.1) is 4.90 Å². The van der Waals surface area contributed by atoms with Crippen molar-refractivity contribution in [2.24, 2.45) is 11.8 Å². The van der Waals surface area contributed by atoms with Gasteiger partial charge in [-0.2, -0.15) is 0 Å². The van der Waals surface area contributed by atoms with Crippen LogP contribution in [-0.4, -0.2) is 38.9 Å². The molecule has 0 aliphatic carbocycles. The van der Waals surface area contributed by atoms with Gasteiger partial charge in [0.1, 0.15) is 0 Å². The van der Waals surface area contributed by atoms with E-state index in [1.807, 2.05) is 4.90 Å². The molecule has 126 valence electrons. The lowest BCUT2D eigenvalue weighted by Crippen LogP contribution is -2.42. The number of hydrogen-bond acceptors (Lipinski definition) is 3. The Hall–Kier alpha value is -1.66. The van der Waals surface area contributed by atoms with Gasteiger partial charge in [0, 0.05) is 25.2 Å². The number of carbonyl (C=O) groups is 1. The van der Waals surface area contributed by atoms with Gasteiger partial charge < -0.3 is 4.90 Å². The second kappa shape index (κ2) is 7.27. The zero-order valence-electron chi connectivity index (χ0n) is 13.7. The summed E-state index contributed by atoms with van der Waals surface area (Å²) in [5, 5.41) is 0. The zero-order valence-corrected chi connectivity index (χ0v) is 14.5. The summed E-state index contributed by atoms with van der Waals surface area (Å²) in [6, 6.07) is 6.09. The molecule has 1 aromatic rings. The van der Waals surface area contributed by atoms with Gasteiger partial charge >= 0.3 is 0 Å². The van der Waals surface area contributed by atoms with Crippen LogP contribution in [0.3, 0.4) is 0 Å². The Kier molecular flexibility index (Phi) is 5.59. The maximum absolute atomic E-state index is 12.6. The lowest BCUT2D eigenvalue weighted by atomic mass is 9.91. The van der Waals surface area contributed by atoms with Gasteiger partial charge in [0.2, 0.25) is 10.0 Å². The first kappa shape index (κ1) is 17.7. The Morgan fingerprint density at radius 3 is 2.35 bits per heavy atom. The number of piperidine rings is 1. The van der Waals surface area contributed by atoms with Crippen LogP contribution in [0.5, 0.6) is 0 Å². The van der Waals surface area contributed by atoms with Crippen molar-refractivity contribution < 1.29 is 13.2 Å². The van der Waals surface area contributed by atoms with Gasteiger partial charge in [0.15, 0.2) is 0 Å². The van der Waals surface area contributed by atoms with Gasteiger partial charge in [-0.15, -0.1) is 6.58 Å². The number of carbonyl (C=O) groups excluding carboxylic acids is 1. The molecule has 1 amide bonds. The van der Waals surface area contributed by atoms with Gasteiger partial charge in [-0.25, -0.2) is 13.1 Å². The number of sulfonamides is 1. The first-order valence-corrected chi connectivity index (χ1v) is 9.31. The minimum absolute atomic E-state index is 0.0357. The monoisotopic (exact) mass is 336 g/mol. The predicted octanol–water partition coefficient (Wildman–Crippen LogP) is 2.27. The Morgan fingerprint density at radius 1 is 1.26 bits per heavy atom. The minimum atomic E-state index is -3.55. The van der Waals surface area contributed by atoms with Gasteiger partial charge in [-0.3, -0.25) is 4.79 Å². The molecule has 0 radical (unpaired) electrons. The third-order valence-electron chi connectivity index (χ3n) is 3.99. The fourth-order valence-electron chi connectivity index (χ4n) is 3.04. The Bertz CT molecular complexity index is 658. The summed E-state index contributed by atoms with van der Waals surface area (Å²) in [5.74, 6) is 0.947. The molecule has 1 N–H and O–H groups in total. The predicted molar refractivity (Wildman–Crippen MR) is 90.7 cm³/mol. The summed E-state index contributed by atoms with van der Waals surface area (Å²) < 4.78 is 26.4. The normalized spacial score (nSPS) is 21.9. The van der Waals surface area contributed by atoms with Crippen molar-refractivity contribution in [3.8, 4) is 0 Å². The number of amides is 1. The standard InChI is InChI=1S/C17H24N2O3S/c1-4-9-18-23(21,22)16-7-5-15(6-8-16)17(20)19-11-13(2)10-14(3)12-19/h4-8,13-14,18H,1,9-12H2,2-3H3. The highest BCUT2D eigenvalue weighted by Crippen LogP contribution is 2.23. The number of benzene rings is 1. The van der Waals surface area contributed by atoms with Crippen molar-refractivity contribution in [2.75, 3.05) is 19.6 Å². The first-order valence-electron chi connectivity index (χ1n) is 7.83.